The van der Waals surface area contributed by atoms with Crippen molar-refractivity contribution in [2.45, 2.75) is 95.4 Å². The average molecular weight is 516 g/mol. The van der Waals surface area contributed by atoms with Crippen LogP contribution in [-0.2, 0) is 9.53 Å². The molecular formula is C22H37IN4O2. The van der Waals surface area contributed by atoms with Crippen LogP contribution in [0.25, 0.3) is 0 Å². The average Bonchev–Trinajstić information content (AvgIpc) is 3.36. The number of guanidine groups is 1. The van der Waals surface area contributed by atoms with E-state index in [0.717, 1.165) is 57.6 Å². The number of amides is 1. The minimum atomic E-state index is 0. The third-order valence-electron chi connectivity index (χ3n) is 7.95. The molecule has 5 unspecified atom stereocenters. The first kappa shape index (κ1) is 21.7. The number of hydrogen-bond acceptors (Lipinski definition) is 3. The van der Waals surface area contributed by atoms with Crippen molar-refractivity contribution in [2.75, 3.05) is 13.2 Å². The predicted octanol–water partition coefficient (Wildman–Crippen LogP) is 2.95. The number of aliphatic imine (C=N–C) groups is 1. The van der Waals surface area contributed by atoms with Gasteiger partial charge < -0.3 is 20.7 Å². The van der Waals surface area contributed by atoms with Crippen LogP contribution in [0.5, 0.6) is 0 Å². The van der Waals surface area contributed by atoms with Crippen molar-refractivity contribution in [2.24, 2.45) is 22.2 Å². The Morgan fingerprint density at radius 1 is 1.03 bits per heavy atom. The fourth-order valence-electron chi connectivity index (χ4n) is 6.19. The third-order valence-corrected chi connectivity index (χ3v) is 7.95. The molecule has 4 aliphatic carbocycles. The lowest BCUT2D eigenvalue weighted by Gasteiger charge is -2.63. The highest BCUT2D eigenvalue weighted by Gasteiger charge is 2.66. The molecule has 0 aromatic carbocycles. The maximum absolute atomic E-state index is 12.5. The van der Waals surface area contributed by atoms with Crippen molar-refractivity contribution in [1.82, 2.24) is 16.0 Å². The molecule has 164 valence electrons. The number of carbonyl (C=O) groups excluding carboxylic acids is 1. The van der Waals surface area contributed by atoms with Gasteiger partial charge in [-0.3, -0.25) is 9.79 Å². The van der Waals surface area contributed by atoms with Crippen LogP contribution < -0.4 is 16.0 Å². The van der Waals surface area contributed by atoms with E-state index < -0.39 is 0 Å². The Labute approximate surface area is 191 Å². The van der Waals surface area contributed by atoms with E-state index in [2.05, 4.69) is 22.9 Å². The Kier molecular flexibility index (Phi) is 6.64. The molecule has 1 heterocycles. The molecule has 0 aromatic rings. The summed E-state index contributed by atoms with van der Waals surface area (Å²) < 4.78 is 6.06. The molecule has 29 heavy (non-hydrogen) atoms. The molecule has 5 fully saturated rings. The summed E-state index contributed by atoms with van der Waals surface area (Å²) in [6, 6.07) is 1.30. The van der Waals surface area contributed by atoms with Crippen LogP contribution in [-0.4, -0.2) is 49.2 Å². The number of carbonyl (C=O) groups is 1. The van der Waals surface area contributed by atoms with Crippen molar-refractivity contribution in [3.05, 3.63) is 0 Å². The highest BCUT2D eigenvalue weighted by Crippen LogP contribution is 2.62. The molecule has 0 radical (unpaired) electrons. The van der Waals surface area contributed by atoms with Gasteiger partial charge in [0.15, 0.2) is 5.96 Å². The van der Waals surface area contributed by atoms with Gasteiger partial charge in [0.25, 0.3) is 0 Å². The quantitative estimate of drug-likeness (QED) is 0.299. The highest BCUT2D eigenvalue weighted by atomic mass is 127. The lowest BCUT2D eigenvalue weighted by atomic mass is 9.46. The maximum Gasteiger partial charge on any atom is 0.223 e. The summed E-state index contributed by atoms with van der Waals surface area (Å²) in [6.07, 6.45) is 12.1. The number of halogens is 1. The van der Waals surface area contributed by atoms with Crippen molar-refractivity contribution in [3.8, 4) is 0 Å². The molecule has 1 aliphatic heterocycles. The number of nitrogens with one attached hydrogen (secondary N) is 3. The van der Waals surface area contributed by atoms with Gasteiger partial charge >= 0.3 is 0 Å². The van der Waals surface area contributed by atoms with Crippen molar-refractivity contribution < 1.29 is 9.53 Å². The van der Waals surface area contributed by atoms with Crippen molar-refractivity contribution >= 4 is 35.8 Å². The first-order chi connectivity index (χ1) is 13.7. The molecule has 0 aromatic heterocycles. The van der Waals surface area contributed by atoms with Gasteiger partial charge in [-0.15, -0.1) is 24.0 Å². The van der Waals surface area contributed by atoms with E-state index in [-0.39, 0.29) is 35.8 Å². The summed E-state index contributed by atoms with van der Waals surface area (Å²) in [6.45, 7) is 3.79. The van der Waals surface area contributed by atoms with Gasteiger partial charge in [0.05, 0.1) is 6.10 Å². The molecule has 4 saturated carbocycles. The largest absolute Gasteiger partial charge is 0.377 e. The molecule has 6 nitrogen and oxygen atoms in total. The van der Waals surface area contributed by atoms with Crippen LogP contribution in [0.15, 0.2) is 4.99 Å². The van der Waals surface area contributed by atoms with Crippen molar-refractivity contribution in [1.29, 1.82) is 0 Å². The van der Waals surface area contributed by atoms with Gasteiger partial charge in [0.1, 0.15) is 0 Å². The Hall–Kier alpha value is -0.570. The normalized spacial score (nSPS) is 37.6. The SMILES string of the molecule is CCN=C(NC1CCCC(C(=O)NC2CC2)C1)NC1C2CCOC2C12CCC2.I. The molecule has 7 heteroatoms. The fraction of sp³-hybridized carbons (Fsp3) is 0.909. The minimum Gasteiger partial charge on any atom is -0.377 e. The van der Waals surface area contributed by atoms with Crippen LogP contribution >= 0.6 is 24.0 Å². The van der Waals surface area contributed by atoms with Gasteiger partial charge in [-0.05, 0) is 58.3 Å². The van der Waals surface area contributed by atoms with E-state index in [1.165, 1.54) is 25.7 Å². The first-order valence-electron chi connectivity index (χ1n) is 11.7. The summed E-state index contributed by atoms with van der Waals surface area (Å²) in [5.74, 6) is 2.03. The molecule has 1 amide bonds. The van der Waals surface area contributed by atoms with E-state index in [1.54, 1.807) is 0 Å². The number of fused-ring (bicyclic) bond motifs is 2. The van der Waals surface area contributed by atoms with Crippen LogP contribution in [0.3, 0.4) is 0 Å². The monoisotopic (exact) mass is 516 g/mol. The van der Waals surface area contributed by atoms with Crippen LogP contribution in [0, 0.1) is 17.3 Å². The summed E-state index contributed by atoms with van der Waals surface area (Å²) >= 11 is 0. The molecule has 5 atom stereocenters. The Bertz CT molecular complexity index is 634. The molecule has 5 aliphatic rings. The second-order valence-corrected chi connectivity index (χ2v) is 9.76. The Morgan fingerprint density at radius 2 is 1.86 bits per heavy atom. The van der Waals surface area contributed by atoms with E-state index in [0.29, 0.717) is 35.6 Å². The molecule has 3 N–H and O–H groups in total. The lowest BCUT2D eigenvalue weighted by molar-refractivity contribution is -0.171. The summed E-state index contributed by atoms with van der Waals surface area (Å²) in [5, 5.41) is 10.7. The smallest absolute Gasteiger partial charge is 0.223 e. The summed E-state index contributed by atoms with van der Waals surface area (Å²) in [5.41, 5.74) is 0.358. The third kappa shape index (κ3) is 4.14. The molecule has 1 spiro atoms. The van der Waals surface area contributed by atoms with Crippen LogP contribution in [0.1, 0.15) is 71.1 Å². The molecular weight excluding hydrogens is 479 g/mol. The molecule has 5 rings (SSSR count). The van der Waals surface area contributed by atoms with Gasteiger partial charge in [-0.2, -0.15) is 0 Å². The molecule has 1 saturated heterocycles. The van der Waals surface area contributed by atoms with Gasteiger partial charge in [0, 0.05) is 48.5 Å². The second-order valence-electron chi connectivity index (χ2n) is 9.76. The zero-order valence-electron chi connectivity index (χ0n) is 17.6. The first-order valence-corrected chi connectivity index (χ1v) is 11.7. The maximum atomic E-state index is 12.5. The van der Waals surface area contributed by atoms with E-state index in [4.69, 9.17) is 9.73 Å². The van der Waals surface area contributed by atoms with Gasteiger partial charge in [0.2, 0.25) is 5.91 Å². The van der Waals surface area contributed by atoms with E-state index >= 15 is 0 Å². The van der Waals surface area contributed by atoms with Crippen molar-refractivity contribution in [3.63, 3.8) is 0 Å². The van der Waals surface area contributed by atoms with Crippen LogP contribution in [0.2, 0.25) is 0 Å². The topological polar surface area (TPSA) is 74.8 Å². The fourth-order valence-corrected chi connectivity index (χ4v) is 6.19. The number of ether oxygens (including phenoxy) is 1. The minimum absolute atomic E-state index is 0. The highest BCUT2D eigenvalue weighted by molar-refractivity contribution is 14.0. The van der Waals surface area contributed by atoms with Gasteiger partial charge in [-0.1, -0.05) is 12.8 Å². The molecule has 0 bridgehead atoms. The Balaban J connectivity index is 0.00000205. The zero-order valence-corrected chi connectivity index (χ0v) is 20.0. The number of nitrogens with zero attached hydrogens (tertiary/aromatic N) is 1. The summed E-state index contributed by atoms with van der Waals surface area (Å²) in [7, 11) is 0. The summed E-state index contributed by atoms with van der Waals surface area (Å²) in [4.78, 5) is 17.3. The van der Waals surface area contributed by atoms with E-state index in [9.17, 15) is 4.79 Å². The Morgan fingerprint density at radius 3 is 2.55 bits per heavy atom. The zero-order chi connectivity index (χ0) is 19.1. The number of rotatable bonds is 5. The standard InChI is InChI=1S/C22H36N4O2.HI/c1-2-23-21(26-18-17-9-12-28-19(17)22(18)10-4-11-22)25-16-6-3-5-14(13-16)20(27)24-15-7-8-15;/h14-19H,2-13H2,1H3,(H,24,27)(H2,23,25,26);1H. The second kappa shape index (κ2) is 8.89. The van der Waals surface area contributed by atoms with Crippen LogP contribution in [0.4, 0.5) is 0 Å². The van der Waals surface area contributed by atoms with Gasteiger partial charge in [-0.25, -0.2) is 0 Å². The number of hydrogen-bond donors (Lipinski definition) is 3. The predicted molar refractivity (Wildman–Crippen MR) is 124 cm³/mol. The lowest BCUT2D eigenvalue weighted by Crippen LogP contribution is -2.72. The van der Waals surface area contributed by atoms with E-state index in [1.807, 2.05) is 0 Å².